The summed E-state index contributed by atoms with van der Waals surface area (Å²) < 4.78 is 7.16. The van der Waals surface area contributed by atoms with Crippen LogP contribution in [0, 0.1) is 0 Å². The summed E-state index contributed by atoms with van der Waals surface area (Å²) in [6, 6.07) is 3.82. The molecular formula is C17H22N4O4. The summed E-state index contributed by atoms with van der Waals surface area (Å²) >= 11 is 0. The van der Waals surface area contributed by atoms with Crippen molar-refractivity contribution < 1.29 is 19.1 Å². The van der Waals surface area contributed by atoms with E-state index >= 15 is 0 Å². The van der Waals surface area contributed by atoms with Gasteiger partial charge in [-0.2, -0.15) is 0 Å². The second-order valence-electron chi connectivity index (χ2n) is 6.22. The Labute approximate surface area is 145 Å². The molecule has 1 atom stereocenters. The fraction of sp³-hybridized carbons (Fsp3) is 0.529. The molecular weight excluding hydrogens is 324 g/mol. The molecule has 8 nitrogen and oxygen atoms in total. The SMILES string of the molecule is CCc1ccc(C2CCCCCN2C(=O)Cn2cc(C(=O)O)nn2)o1. The van der Waals surface area contributed by atoms with Gasteiger partial charge in [0.15, 0.2) is 5.69 Å². The molecule has 1 unspecified atom stereocenters. The zero-order chi connectivity index (χ0) is 17.8. The second-order valence-corrected chi connectivity index (χ2v) is 6.22. The van der Waals surface area contributed by atoms with Gasteiger partial charge in [0.2, 0.25) is 5.91 Å². The van der Waals surface area contributed by atoms with E-state index in [9.17, 15) is 9.59 Å². The predicted molar refractivity (Wildman–Crippen MR) is 88.0 cm³/mol. The van der Waals surface area contributed by atoms with E-state index in [-0.39, 0.29) is 24.2 Å². The van der Waals surface area contributed by atoms with Crippen LogP contribution in [0.25, 0.3) is 0 Å². The van der Waals surface area contributed by atoms with E-state index in [0.717, 1.165) is 43.6 Å². The lowest BCUT2D eigenvalue weighted by Crippen LogP contribution is -2.37. The number of aromatic carboxylic acids is 1. The van der Waals surface area contributed by atoms with Crippen molar-refractivity contribution in [1.29, 1.82) is 0 Å². The van der Waals surface area contributed by atoms with Crippen molar-refractivity contribution in [3.8, 4) is 0 Å². The number of likely N-dealkylation sites (tertiary alicyclic amines) is 1. The molecule has 1 aliphatic rings. The first kappa shape index (κ1) is 17.2. The number of carbonyl (C=O) groups is 2. The number of aromatic nitrogens is 3. The van der Waals surface area contributed by atoms with Gasteiger partial charge in [-0.15, -0.1) is 5.10 Å². The third kappa shape index (κ3) is 3.89. The number of amides is 1. The van der Waals surface area contributed by atoms with Crippen molar-refractivity contribution in [2.75, 3.05) is 6.54 Å². The number of carbonyl (C=O) groups excluding carboxylic acids is 1. The first-order chi connectivity index (χ1) is 12.1. The van der Waals surface area contributed by atoms with Crippen LogP contribution in [-0.4, -0.2) is 43.4 Å². The monoisotopic (exact) mass is 346 g/mol. The number of carboxylic acids is 1. The number of hydrogen-bond acceptors (Lipinski definition) is 5. The summed E-state index contributed by atoms with van der Waals surface area (Å²) in [5.41, 5.74) is -0.168. The predicted octanol–water partition coefficient (Wildman–Crippen LogP) is 2.28. The van der Waals surface area contributed by atoms with E-state index < -0.39 is 5.97 Å². The van der Waals surface area contributed by atoms with Gasteiger partial charge in [0.1, 0.15) is 18.1 Å². The van der Waals surface area contributed by atoms with Crippen LogP contribution in [0.3, 0.4) is 0 Å². The molecule has 3 heterocycles. The average Bonchev–Trinajstić information content (AvgIpc) is 3.19. The van der Waals surface area contributed by atoms with E-state index in [1.54, 1.807) is 0 Å². The molecule has 1 saturated heterocycles. The van der Waals surface area contributed by atoms with Gasteiger partial charge in [-0.05, 0) is 25.0 Å². The lowest BCUT2D eigenvalue weighted by molar-refractivity contribution is -0.135. The summed E-state index contributed by atoms with van der Waals surface area (Å²) in [6.07, 6.45) is 6.02. The smallest absolute Gasteiger partial charge is 0.358 e. The molecule has 1 aliphatic heterocycles. The fourth-order valence-electron chi connectivity index (χ4n) is 3.17. The maximum Gasteiger partial charge on any atom is 0.358 e. The quantitative estimate of drug-likeness (QED) is 0.891. The van der Waals surface area contributed by atoms with Gasteiger partial charge in [0, 0.05) is 13.0 Å². The Kier molecular flexibility index (Phi) is 5.16. The van der Waals surface area contributed by atoms with Gasteiger partial charge in [-0.3, -0.25) is 4.79 Å². The van der Waals surface area contributed by atoms with Crippen LogP contribution < -0.4 is 0 Å². The van der Waals surface area contributed by atoms with Crippen molar-refractivity contribution in [2.24, 2.45) is 0 Å². The van der Waals surface area contributed by atoms with Gasteiger partial charge in [-0.1, -0.05) is 25.0 Å². The maximum absolute atomic E-state index is 12.8. The zero-order valence-electron chi connectivity index (χ0n) is 14.2. The number of rotatable bonds is 5. The van der Waals surface area contributed by atoms with Crippen molar-refractivity contribution >= 4 is 11.9 Å². The van der Waals surface area contributed by atoms with Crippen LogP contribution in [0.15, 0.2) is 22.7 Å². The highest BCUT2D eigenvalue weighted by Crippen LogP contribution is 2.31. The van der Waals surface area contributed by atoms with Crippen molar-refractivity contribution in [3.05, 3.63) is 35.5 Å². The van der Waals surface area contributed by atoms with Crippen LogP contribution in [0.1, 0.15) is 60.7 Å². The van der Waals surface area contributed by atoms with Gasteiger partial charge < -0.3 is 14.4 Å². The Bertz CT molecular complexity index is 751. The van der Waals surface area contributed by atoms with Crippen molar-refractivity contribution in [1.82, 2.24) is 19.9 Å². The highest BCUT2D eigenvalue weighted by Gasteiger charge is 2.29. The van der Waals surface area contributed by atoms with Crippen LogP contribution in [-0.2, 0) is 17.8 Å². The summed E-state index contributed by atoms with van der Waals surface area (Å²) in [5.74, 6) is 0.461. The molecule has 0 spiro atoms. The Balaban J connectivity index is 1.77. The lowest BCUT2D eigenvalue weighted by atomic mass is 10.1. The Hall–Kier alpha value is -2.64. The molecule has 1 amide bonds. The summed E-state index contributed by atoms with van der Waals surface area (Å²) in [7, 11) is 0. The standard InChI is InChI=1S/C17H22N4O4/c1-2-12-7-8-15(25-12)14-6-4-3-5-9-21(14)16(22)11-20-10-13(17(23)24)18-19-20/h7-8,10,14H,2-6,9,11H2,1H3,(H,23,24). The first-order valence-electron chi connectivity index (χ1n) is 8.60. The van der Waals surface area contributed by atoms with E-state index in [4.69, 9.17) is 9.52 Å². The Morgan fingerprint density at radius 2 is 2.16 bits per heavy atom. The third-order valence-corrected chi connectivity index (χ3v) is 4.49. The molecule has 0 aliphatic carbocycles. The van der Waals surface area contributed by atoms with E-state index in [2.05, 4.69) is 10.3 Å². The van der Waals surface area contributed by atoms with E-state index in [1.807, 2.05) is 24.0 Å². The highest BCUT2D eigenvalue weighted by molar-refractivity contribution is 5.84. The Morgan fingerprint density at radius 1 is 1.32 bits per heavy atom. The number of carboxylic acid groups (broad SMARTS) is 1. The van der Waals surface area contributed by atoms with E-state index in [1.165, 1.54) is 10.9 Å². The highest BCUT2D eigenvalue weighted by atomic mass is 16.4. The van der Waals surface area contributed by atoms with Crippen LogP contribution in [0.2, 0.25) is 0 Å². The maximum atomic E-state index is 12.8. The van der Waals surface area contributed by atoms with Crippen LogP contribution in [0.5, 0.6) is 0 Å². The minimum absolute atomic E-state index is 0.0296. The van der Waals surface area contributed by atoms with Crippen molar-refractivity contribution in [3.63, 3.8) is 0 Å². The topological polar surface area (TPSA) is 101 Å². The van der Waals surface area contributed by atoms with Crippen molar-refractivity contribution in [2.45, 2.75) is 51.6 Å². The van der Waals surface area contributed by atoms with Crippen LogP contribution >= 0.6 is 0 Å². The largest absolute Gasteiger partial charge is 0.476 e. The molecule has 25 heavy (non-hydrogen) atoms. The summed E-state index contributed by atoms with van der Waals surface area (Å²) in [6.45, 7) is 2.66. The fourth-order valence-corrected chi connectivity index (χ4v) is 3.17. The first-order valence-corrected chi connectivity index (χ1v) is 8.60. The molecule has 0 aromatic carbocycles. The molecule has 2 aromatic heterocycles. The molecule has 3 rings (SSSR count). The lowest BCUT2D eigenvalue weighted by Gasteiger charge is -2.28. The molecule has 1 fully saturated rings. The molecule has 1 N–H and O–H groups in total. The number of aryl methyl sites for hydroxylation is 1. The van der Waals surface area contributed by atoms with Gasteiger partial charge >= 0.3 is 5.97 Å². The van der Waals surface area contributed by atoms with Gasteiger partial charge in [-0.25, -0.2) is 9.48 Å². The Morgan fingerprint density at radius 3 is 2.84 bits per heavy atom. The molecule has 134 valence electrons. The summed E-state index contributed by atoms with van der Waals surface area (Å²) in [5, 5.41) is 16.2. The third-order valence-electron chi connectivity index (χ3n) is 4.49. The zero-order valence-corrected chi connectivity index (χ0v) is 14.2. The van der Waals surface area contributed by atoms with Gasteiger partial charge in [0.05, 0.1) is 12.2 Å². The average molecular weight is 346 g/mol. The number of furan rings is 1. The number of hydrogen-bond donors (Lipinski definition) is 1. The molecule has 0 saturated carbocycles. The number of nitrogens with zero attached hydrogens (tertiary/aromatic N) is 4. The minimum atomic E-state index is -1.16. The normalized spacial score (nSPS) is 18.1. The molecule has 8 heteroatoms. The van der Waals surface area contributed by atoms with Gasteiger partial charge in [0.25, 0.3) is 0 Å². The second kappa shape index (κ2) is 7.50. The van der Waals surface area contributed by atoms with Crippen LogP contribution in [0.4, 0.5) is 0 Å². The molecule has 0 bridgehead atoms. The summed E-state index contributed by atoms with van der Waals surface area (Å²) in [4.78, 5) is 25.5. The molecule has 0 radical (unpaired) electrons. The minimum Gasteiger partial charge on any atom is -0.476 e. The van der Waals surface area contributed by atoms with E-state index in [0.29, 0.717) is 6.54 Å². The molecule has 2 aromatic rings.